The molecule has 1 saturated carbocycles. The number of carbonyl (C=O) groups is 2. The summed E-state index contributed by atoms with van der Waals surface area (Å²) in [5.41, 5.74) is 2.48. The third-order valence-corrected chi connectivity index (χ3v) is 5.34. The average molecular weight is 373 g/mol. The summed E-state index contributed by atoms with van der Waals surface area (Å²) in [5, 5.41) is 16.5. The van der Waals surface area contributed by atoms with Gasteiger partial charge >= 0.3 is 5.97 Å². The summed E-state index contributed by atoms with van der Waals surface area (Å²) in [7, 11) is 0. The molecule has 6 nitrogen and oxygen atoms in total. The first-order valence-electron chi connectivity index (χ1n) is 9.20. The van der Waals surface area contributed by atoms with Crippen LogP contribution in [0.5, 0.6) is 0 Å². The van der Waals surface area contributed by atoms with E-state index in [0.717, 1.165) is 29.8 Å². The van der Waals surface area contributed by atoms with Crippen molar-refractivity contribution < 1.29 is 19.1 Å². The number of halogens is 1. The summed E-state index contributed by atoms with van der Waals surface area (Å²) in [6.45, 7) is 3.78. The largest absolute Gasteiger partial charge is 0.481 e. The van der Waals surface area contributed by atoms with E-state index in [1.165, 1.54) is 12.1 Å². The van der Waals surface area contributed by atoms with Crippen molar-refractivity contribution in [1.82, 2.24) is 15.1 Å². The van der Waals surface area contributed by atoms with Crippen molar-refractivity contribution in [3.05, 3.63) is 47.5 Å². The Bertz CT molecular complexity index is 831. The number of aliphatic carboxylic acids is 1. The molecule has 1 aliphatic rings. The maximum absolute atomic E-state index is 13.1. The van der Waals surface area contributed by atoms with Crippen molar-refractivity contribution in [3.8, 4) is 5.69 Å². The summed E-state index contributed by atoms with van der Waals surface area (Å²) in [4.78, 5) is 23.8. The number of hydrogen-bond donors (Lipinski definition) is 2. The van der Waals surface area contributed by atoms with Gasteiger partial charge in [-0.1, -0.05) is 6.42 Å². The minimum absolute atomic E-state index is 0.109. The molecule has 144 valence electrons. The van der Waals surface area contributed by atoms with Crippen LogP contribution in [0.4, 0.5) is 4.39 Å². The van der Waals surface area contributed by atoms with Crippen LogP contribution in [0.1, 0.15) is 49.9 Å². The first-order valence-corrected chi connectivity index (χ1v) is 9.20. The standard InChI is InChI=1S/C20H24FN3O3/c1-12(23-19(25)14-4-3-5-15(10-14)20(26)27)18-11-22-24(13(18)2)17-8-6-16(21)7-9-17/h6-9,11-12,14-15H,3-5,10H2,1-2H3,(H,23,25)(H,26,27). The van der Waals surface area contributed by atoms with E-state index in [1.54, 1.807) is 23.0 Å². The zero-order chi connectivity index (χ0) is 19.6. The van der Waals surface area contributed by atoms with E-state index >= 15 is 0 Å². The highest BCUT2D eigenvalue weighted by atomic mass is 19.1. The fraction of sp³-hybridized carbons (Fsp3) is 0.450. The van der Waals surface area contributed by atoms with Crippen LogP contribution in [-0.4, -0.2) is 26.8 Å². The highest BCUT2D eigenvalue weighted by Gasteiger charge is 2.31. The highest BCUT2D eigenvalue weighted by molar-refractivity contribution is 5.80. The quantitative estimate of drug-likeness (QED) is 0.841. The summed E-state index contributed by atoms with van der Waals surface area (Å²) >= 11 is 0. The van der Waals surface area contributed by atoms with Crippen LogP contribution in [-0.2, 0) is 9.59 Å². The Morgan fingerprint density at radius 1 is 1.26 bits per heavy atom. The number of carbonyl (C=O) groups excluding carboxylic acids is 1. The van der Waals surface area contributed by atoms with Crippen LogP contribution in [0.15, 0.2) is 30.5 Å². The third-order valence-electron chi connectivity index (χ3n) is 5.34. The van der Waals surface area contributed by atoms with Crippen molar-refractivity contribution in [2.45, 2.75) is 45.6 Å². The van der Waals surface area contributed by atoms with Crippen LogP contribution < -0.4 is 5.32 Å². The smallest absolute Gasteiger partial charge is 0.306 e. The molecule has 1 amide bonds. The average Bonchev–Trinajstić information content (AvgIpc) is 3.04. The molecule has 1 heterocycles. The Morgan fingerprint density at radius 2 is 1.93 bits per heavy atom. The Balaban J connectivity index is 1.69. The van der Waals surface area contributed by atoms with Crippen LogP contribution in [0.2, 0.25) is 0 Å². The van der Waals surface area contributed by atoms with Gasteiger partial charge in [-0.15, -0.1) is 0 Å². The number of carboxylic acids is 1. The molecule has 0 bridgehead atoms. The normalized spacial score (nSPS) is 20.9. The van der Waals surface area contributed by atoms with Crippen LogP contribution in [0, 0.1) is 24.6 Å². The molecule has 2 aromatic rings. The highest BCUT2D eigenvalue weighted by Crippen LogP contribution is 2.30. The Morgan fingerprint density at radius 3 is 2.59 bits per heavy atom. The summed E-state index contributed by atoms with van der Waals surface area (Å²) in [6.07, 6.45) is 4.20. The third kappa shape index (κ3) is 4.18. The SMILES string of the molecule is Cc1c(C(C)NC(=O)C2CCCC(C(=O)O)C2)cnn1-c1ccc(F)cc1. The number of carboxylic acid groups (broad SMARTS) is 1. The van der Waals surface area contributed by atoms with Gasteiger partial charge in [0.15, 0.2) is 0 Å². The Hall–Kier alpha value is -2.70. The number of amides is 1. The lowest BCUT2D eigenvalue weighted by Gasteiger charge is -2.27. The maximum atomic E-state index is 13.1. The van der Waals surface area contributed by atoms with Crippen LogP contribution >= 0.6 is 0 Å². The maximum Gasteiger partial charge on any atom is 0.306 e. The second-order valence-corrected chi connectivity index (χ2v) is 7.20. The van der Waals surface area contributed by atoms with Gasteiger partial charge in [-0.25, -0.2) is 9.07 Å². The van der Waals surface area contributed by atoms with Gasteiger partial charge in [-0.3, -0.25) is 9.59 Å². The number of nitrogens with zero attached hydrogens (tertiary/aromatic N) is 2. The molecule has 1 aliphatic carbocycles. The van der Waals surface area contributed by atoms with E-state index in [-0.39, 0.29) is 23.7 Å². The second-order valence-electron chi connectivity index (χ2n) is 7.20. The summed E-state index contributed by atoms with van der Waals surface area (Å²) in [5.74, 6) is -1.95. The van der Waals surface area contributed by atoms with Crippen molar-refractivity contribution in [2.75, 3.05) is 0 Å². The molecular formula is C20H24FN3O3. The Labute approximate surface area is 157 Å². The molecule has 0 aliphatic heterocycles. The first kappa shape index (κ1) is 19.1. The molecule has 7 heteroatoms. The van der Waals surface area contributed by atoms with Gasteiger partial charge < -0.3 is 10.4 Å². The molecule has 1 aromatic carbocycles. The van der Waals surface area contributed by atoms with Gasteiger partial charge in [0.25, 0.3) is 0 Å². The van der Waals surface area contributed by atoms with Crippen LogP contribution in [0.25, 0.3) is 5.69 Å². The van der Waals surface area contributed by atoms with Gasteiger partial charge in [0.1, 0.15) is 5.82 Å². The lowest BCUT2D eigenvalue weighted by Crippen LogP contribution is -2.36. The zero-order valence-electron chi connectivity index (χ0n) is 15.5. The number of nitrogens with one attached hydrogen (secondary N) is 1. The predicted molar refractivity (Wildman–Crippen MR) is 97.9 cm³/mol. The summed E-state index contributed by atoms with van der Waals surface area (Å²) in [6, 6.07) is 5.80. The summed E-state index contributed by atoms with van der Waals surface area (Å²) < 4.78 is 14.8. The number of benzene rings is 1. The van der Waals surface area contributed by atoms with Crippen molar-refractivity contribution in [1.29, 1.82) is 0 Å². The molecule has 1 fully saturated rings. The van der Waals surface area contributed by atoms with E-state index in [4.69, 9.17) is 0 Å². The van der Waals surface area contributed by atoms with Crippen LogP contribution in [0.3, 0.4) is 0 Å². The monoisotopic (exact) mass is 373 g/mol. The van der Waals surface area contributed by atoms with E-state index in [1.807, 2.05) is 13.8 Å². The predicted octanol–water partition coefficient (Wildman–Crippen LogP) is 3.39. The molecule has 2 N–H and O–H groups in total. The van der Waals surface area contributed by atoms with Crippen molar-refractivity contribution in [3.63, 3.8) is 0 Å². The molecule has 27 heavy (non-hydrogen) atoms. The fourth-order valence-electron chi connectivity index (χ4n) is 3.75. The topological polar surface area (TPSA) is 84.2 Å². The number of rotatable bonds is 5. The number of hydrogen-bond acceptors (Lipinski definition) is 3. The molecule has 0 saturated heterocycles. The minimum Gasteiger partial charge on any atom is -0.481 e. The van der Waals surface area contributed by atoms with Gasteiger partial charge in [-0.05, 0) is 57.4 Å². The molecular weight excluding hydrogens is 349 g/mol. The molecule has 0 spiro atoms. The Kier molecular flexibility index (Phi) is 5.58. The fourth-order valence-corrected chi connectivity index (χ4v) is 3.75. The van der Waals surface area contributed by atoms with Gasteiger partial charge in [-0.2, -0.15) is 5.10 Å². The molecule has 3 unspecified atom stereocenters. The van der Waals surface area contributed by atoms with Gasteiger partial charge in [0.05, 0.1) is 23.8 Å². The van der Waals surface area contributed by atoms with Gasteiger partial charge in [0.2, 0.25) is 5.91 Å². The zero-order valence-corrected chi connectivity index (χ0v) is 15.5. The van der Waals surface area contributed by atoms with Crippen molar-refractivity contribution in [2.24, 2.45) is 11.8 Å². The molecule has 1 aromatic heterocycles. The van der Waals surface area contributed by atoms with Crippen molar-refractivity contribution >= 4 is 11.9 Å². The molecule has 3 atom stereocenters. The lowest BCUT2D eigenvalue weighted by molar-refractivity contribution is -0.144. The van der Waals surface area contributed by atoms with E-state index in [9.17, 15) is 19.1 Å². The number of aromatic nitrogens is 2. The molecule has 3 rings (SSSR count). The van der Waals surface area contributed by atoms with E-state index < -0.39 is 11.9 Å². The minimum atomic E-state index is -0.822. The lowest BCUT2D eigenvalue weighted by atomic mass is 9.81. The van der Waals surface area contributed by atoms with E-state index in [0.29, 0.717) is 12.8 Å². The first-order chi connectivity index (χ1) is 12.9. The second kappa shape index (κ2) is 7.90. The molecule has 0 radical (unpaired) electrons. The van der Waals surface area contributed by atoms with E-state index in [2.05, 4.69) is 10.4 Å². The van der Waals surface area contributed by atoms with Gasteiger partial charge in [0, 0.05) is 17.2 Å².